The third kappa shape index (κ3) is 4.00. The van der Waals surface area contributed by atoms with Crippen LogP contribution in [0.15, 0.2) is 12.1 Å². The molecule has 7 heteroatoms. The normalized spacial score (nSPS) is 25.5. The van der Waals surface area contributed by atoms with Gasteiger partial charge < -0.3 is 14.4 Å². The Labute approximate surface area is 195 Å². The maximum Gasteiger partial charge on any atom is 0.414 e. The second kappa shape index (κ2) is 8.99. The first-order valence-electron chi connectivity index (χ1n) is 12.6. The number of hydrogen-bond donors (Lipinski definition) is 1. The number of aliphatic carboxylic acids is 1. The topological polar surface area (TPSA) is 84.7 Å². The number of hydrogen-bond acceptors (Lipinski definition) is 4. The molecule has 1 N–H and O–H groups in total. The van der Waals surface area contributed by atoms with Crippen molar-refractivity contribution in [3.05, 3.63) is 23.5 Å². The van der Waals surface area contributed by atoms with Crippen LogP contribution in [0, 0.1) is 11.8 Å². The van der Waals surface area contributed by atoms with Gasteiger partial charge in [-0.1, -0.05) is 25.7 Å². The fourth-order valence-electron chi connectivity index (χ4n) is 6.14. The minimum Gasteiger partial charge on any atom is -0.481 e. The molecule has 2 aliphatic carbocycles. The van der Waals surface area contributed by atoms with E-state index in [1.54, 1.807) is 4.90 Å². The number of anilines is 1. The van der Waals surface area contributed by atoms with Gasteiger partial charge in [-0.15, -0.1) is 0 Å². The first kappa shape index (κ1) is 22.2. The van der Waals surface area contributed by atoms with Gasteiger partial charge in [-0.05, 0) is 63.5 Å². The fourth-order valence-corrected chi connectivity index (χ4v) is 6.14. The van der Waals surface area contributed by atoms with E-state index in [2.05, 4.69) is 17.6 Å². The molecule has 2 fully saturated rings. The second-order valence-corrected chi connectivity index (χ2v) is 10.2. The summed E-state index contributed by atoms with van der Waals surface area (Å²) in [5, 5.41) is 9.67. The van der Waals surface area contributed by atoms with Crippen molar-refractivity contribution in [2.45, 2.75) is 89.6 Å². The number of nitrogens with zero attached hydrogens (tertiary/aromatic N) is 3. The number of carbonyl (C=O) groups is 2. The Morgan fingerprint density at radius 2 is 1.94 bits per heavy atom. The van der Waals surface area contributed by atoms with Gasteiger partial charge in [0.2, 0.25) is 0 Å². The zero-order valence-electron chi connectivity index (χ0n) is 19.8. The van der Waals surface area contributed by atoms with E-state index in [9.17, 15) is 14.7 Å². The van der Waals surface area contributed by atoms with Crippen molar-refractivity contribution >= 4 is 28.8 Å². The van der Waals surface area contributed by atoms with Gasteiger partial charge in [0.15, 0.2) is 0 Å². The lowest BCUT2D eigenvalue weighted by atomic mass is 9.82. The number of ether oxygens (including phenoxy) is 1. The number of methoxy groups -OCH3 is 1. The van der Waals surface area contributed by atoms with Crippen LogP contribution in [-0.2, 0) is 22.4 Å². The lowest BCUT2D eigenvalue weighted by molar-refractivity contribution is -0.143. The first-order chi connectivity index (χ1) is 16.0. The number of imidazole rings is 1. The summed E-state index contributed by atoms with van der Waals surface area (Å²) < 4.78 is 7.44. The molecule has 0 spiro atoms. The lowest BCUT2D eigenvalue weighted by Gasteiger charge is -2.34. The highest BCUT2D eigenvalue weighted by molar-refractivity contribution is 5.95. The Kier molecular flexibility index (Phi) is 6.06. The minimum absolute atomic E-state index is 0.0808. The molecule has 1 aromatic heterocycles. The van der Waals surface area contributed by atoms with Crippen molar-refractivity contribution in [2.24, 2.45) is 11.8 Å². The molecular weight excluding hydrogens is 418 g/mol. The van der Waals surface area contributed by atoms with Crippen molar-refractivity contribution in [1.29, 1.82) is 0 Å². The Hall–Kier alpha value is -2.57. The molecular formula is C26H35N3O4. The number of aryl methyl sites for hydroxylation is 2. The number of fused-ring (bicyclic) bond motifs is 3. The molecule has 3 aliphatic rings. The first-order valence-corrected chi connectivity index (χ1v) is 12.6. The number of carboxylic acid groups (broad SMARTS) is 1. The van der Waals surface area contributed by atoms with E-state index in [1.807, 2.05) is 6.07 Å². The van der Waals surface area contributed by atoms with Crippen molar-refractivity contribution in [3.63, 3.8) is 0 Å². The van der Waals surface area contributed by atoms with Gasteiger partial charge in [0.1, 0.15) is 5.82 Å². The van der Waals surface area contributed by atoms with Crippen LogP contribution in [0.25, 0.3) is 11.0 Å². The average molecular weight is 454 g/mol. The van der Waals surface area contributed by atoms with Crippen molar-refractivity contribution < 1.29 is 19.4 Å². The standard InChI is InChI=1S/C26H35N3O4/c1-16-9-11-20-21(28(16)26(32)33-2)12-13-22-24(20)27-23(14-10-17-5-3-6-17)29(22)19-8-4-7-18(15-19)25(30)31/h12-13,16-19H,3-11,14-15H2,1-2H3,(H,30,31)/t16-,18+,19+/m0/s1. The smallest absolute Gasteiger partial charge is 0.414 e. The zero-order valence-corrected chi connectivity index (χ0v) is 19.8. The van der Waals surface area contributed by atoms with E-state index < -0.39 is 5.97 Å². The van der Waals surface area contributed by atoms with Gasteiger partial charge >= 0.3 is 12.1 Å². The van der Waals surface area contributed by atoms with Crippen molar-refractivity contribution in [3.8, 4) is 0 Å². The van der Waals surface area contributed by atoms with E-state index in [1.165, 1.54) is 26.4 Å². The van der Waals surface area contributed by atoms with Crippen LogP contribution < -0.4 is 4.90 Å². The van der Waals surface area contributed by atoms with Crippen molar-refractivity contribution in [1.82, 2.24) is 9.55 Å². The molecule has 0 saturated heterocycles. The van der Waals surface area contributed by atoms with Gasteiger partial charge in [0.25, 0.3) is 0 Å². The maximum atomic E-state index is 12.5. The van der Waals surface area contributed by atoms with Gasteiger partial charge in [-0.25, -0.2) is 9.78 Å². The number of rotatable bonds is 5. The summed E-state index contributed by atoms with van der Waals surface area (Å²) in [7, 11) is 1.43. The predicted molar refractivity (Wildman–Crippen MR) is 127 cm³/mol. The highest BCUT2D eigenvalue weighted by Crippen LogP contribution is 2.41. The lowest BCUT2D eigenvalue weighted by Crippen LogP contribution is -2.42. The summed E-state index contributed by atoms with van der Waals surface area (Å²) in [4.78, 5) is 31.2. The molecule has 2 saturated carbocycles. The molecule has 0 bridgehead atoms. The maximum absolute atomic E-state index is 12.5. The third-order valence-corrected chi connectivity index (χ3v) is 8.26. The van der Waals surface area contributed by atoms with Crippen LogP contribution in [-0.4, -0.2) is 39.9 Å². The van der Waals surface area contributed by atoms with E-state index >= 15 is 0 Å². The minimum atomic E-state index is -0.680. The summed E-state index contributed by atoms with van der Waals surface area (Å²) in [6, 6.07) is 4.37. The highest BCUT2D eigenvalue weighted by atomic mass is 16.5. The molecule has 33 heavy (non-hydrogen) atoms. The highest BCUT2D eigenvalue weighted by Gasteiger charge is 2.34. The Morgan fingerprint density at radius 1 is 1.15 bits per heavy atom. The van der Waals surface area contributed by atoms with Crippen LogP contribution in [0.2, 0.25) is 0 Å². The van der Waals surface area contributed by atoms with Crippen LogP contribution in [0.4, 0.5) is 10.5 Å². The molecule has 3 atom stereocenters. The van der Waals surface area contributed by atoms with Gasteiger partial charge in [-0.2, -0.15) is 0 Å². The molecule has 1 aromatic carbocycles. The monoisotopic (exact) mass is 453 g/mol. The third-order valence-electron chi connectivity index (χ3n) is 8.26. The Balaban J connectivity index is 1.58. The summed E-state index contributed by atoms with van der Waals surface area (Å²) >= 11 is 0. The molecule has 7 nitrogen and oxygen atoms in total. The molecule has 1 amide bonds. The number of benzene rings is 1. The second-order valence-electron chi connectivity index (χ2n) is 10.2. The van der Waals surface area contributed by atoms with E-state index in [-0.39, 0.29) is 24.1 Å². The number of aromatic nitrogens is 2. The number of amides is 1. The summed E-state index contributed by atoms with van der Waals surface area (Å²) in [6.07, 6.45) is 10.8. The molecule has 0 unspecified atom stereocenters. The van der Waals surface area contributed by atoms with E-state index in [0.29, 0.717) is 6.42 Å². The largest absolute Gasteiger partial charge is 0.481 e. The van der Waals surface area contributed by atoms with Gasteiger partial charge in [-0.3, -0.25) is 9.69 Å². The fraction of sp³-hybridized carbons (Fsp3) is 0.654. The van der Waals surface area contributed by atoms with Crippen LogP contribution in [0.1, 0.15) is 82.1 Å². The molecule has 2 aromatic rings. The predicted octanol–water partition coefficient (Wildman–Crippen LogP) is 5.49. The number of carbonyl (C=O) groups excluding carboxylic acids is 1. The molecule has 1 aliphatic heterocycles. The average Bonchev–Trinajstić information content (AvgIpc) is 3.16. The van der Waals surface area contributed by atoms with Gasteiger partial charge in [0.05, 0.1) is 29.7 Å². The summed E-state index contributed by atoms with van der Waals surface area (Å²) in [5.41, 5.74) is 4.09. The quantitative estimate of drug-likeness (QED) is 0.647. The molecule has 178 valence electrons. The van der Waals surface area contributed by atoms with Crippen LogP contribution in [0.3, 0.4) is 0 Å². The Bertz CT molecular complexity index is 1060. The van der Waals surface area contributed by atoms with Crippen LogP contribution in [0.5, 0.6) is 0 Å². The van der Waals surface area contributed by atoms with Crippen molar-refractivity contribution in [2.75, 3.05) is 12.0 Å². The van der Waals surface area contributed by atoms with E-state index in [0.717, 1.165) is 79.0 Å². The molecule has 2 heterocycles. The zero-order chi connectivity index (χ0) is 23.1. The SMILES string of the molecule is COC(=O)N1c2ccc3c(nc(CCC4CCC4)n3[C@@H]3CCC[C@@H](C(=O)O)C3)c2CC[C@@H]1C. The van der Waals surface area contributed by atoms with Crippen LogP contribution >= 0.6 is 0 Å². The summed E-state index contributed by atoms with van der Waals surface area (Å²) in [6.45, 7) is 2.06. The van der Waals surface area contributed by atoms with E-state index in [4.69, 9.17) is 9.72 Å². The number of carboxylic acids is 1. The Morgan fingerprint density at radius 3 is 2.64 bits per heavy atom. The summed E-state index contributed by atoms with van der Waals surface area (Å²) in [5.74, 6) is 0.916. The van der Waals surface area contributed by atoms with Gasteiger partial charge in [0, 0.05) is 24.1 Å². The molecule has 0 radical (unpaired) electrons. The molecule has 5 rings (SSSR count).